The molecule has 0 fully saturated rings. The fraction of sp³-hybridized carbons (Fsp3) is 0.455. The summed E-state index contributed by atoms with van der Waals surface area (Å²) in [5.74, 6) is -0.399. The predicted molar refractivity (Wildman–Crippen MR) is 64.6 cm³/mol. The molecule has 1 aliphatic rings. The quantitative estimate of drug-likeness (QED) is 0.719. The highest BCUT2D eigenvalue weighted by Crippen LogP contribution is 2.38. The van der Waals surface area contributed by atoms with Gasteiger partial charge in [0.05, 0.1) is 11.5 Å². The van der Waals surface area contributed by atoms with Crippen LogP contribution in [0.4, 0.5) is 5.00 Å². The van der Waals surface area contributed by atoms with Crippen LogP contribution in [-0.4, -0.2) is 24.0 Å². The zero-order valence-corrected chi connectivity index (χ0v) is 10.0. The van der Waals surface area contributed by atoms with E-state index in [1.807, 2.05) is 0 Å². The fourth-order valence-electron chi connectivity index (χ4n) is 2.12. The molecule has 0 saturated carbocycles. The number of nitrogens with two attached hydrogens (primary N) is 1. The van der Waals surface area contributed by atoms with Gasteiger partial charge >= 0.3 is 0 Å². The number of nitrogen functional groups attached to an aromatic ring is 1. The summed E-state index contributed by atoms with van der Waals surface area (Å²) in [6.07, 6.45) is 0.117. The number of fused-ring (bicyclic) bond motifs is 1. The van der Waals surface area contributed by atoms with Gasteiger partial charge in [0.15, 0.2) is 0 Å². The van der Waals surface area contributed by atoms with Crippen molar-refractivity contribution in [3.8, 4) is 6.07 Å². The third-order valence-corrected chi connectivity index (χ3v) is 3.93. The number of anilines is 1. The maximum Gasteiger partial charge on any atom is 0.143 e. The van der Waals surface area contributed by atoms with Crippen molar-refractivity contribution in [2.24, 2.45) is 0 Å². The number of ketones is 1. The lowest BCUT2D eigenvalue weighted by atomic mass is 9.88. The summed E-state index contributed by atoms with van der Waals surface area (Å²) >= 11 is 1.36. The van der Waals surface area contributed by atoms with Crippen LogP contribution in [0.5, 0.6) is 0 Å². The van der Waals surface area contributed by atoms with Crippen molar-refractivity contribution in [2.45, 2.75) is 18.9 Å². The number of nitriles is 1. The summed E-state index contributed by atoms with van der Waals surface area (Å²) in [4.78, 5) is 12.9. The van der Waals surface area contributed by atoms with Gasteiger partial charge in [-0.05, 0) is 5.56 Å². The third kappa shape index (κ3) is 2.05. The predicted octanol–water partition coefficient (Wildman–Crippen LogP) is 0.340. The number of hydrogen-bond acceptors (Lipinski definition) is 6. The first kappa shape index (κ1) is 12.0. The number of Topliss-reactive ketones (excluding diaryl/α,β-unsaturated/α-hetero) is 1. The van der Waals surface area contributed by atoms with Crippen molar-refractivity contribution >= 4 is 22.1 Å². The molecule has 1 atom stereocenters. The SMILES string of the molecule is N#Cc1c(N)sc2c1C(C(=O)CCO)CNC2. The van der Waals surface area contributed by atoms with E-state index >= 15 is 0 Å². The molecule has 0 saturated heterocycles. The molecule has 0 bridgehead atoms. The van der Waals surface area contributed by atoms with E-state index < -0.39 is 0 Å². The number of carbonyl (C=O) groups excluding carboxylic acids is 1. The molecule has 0 aliphatic carbocycles. The molecule has 0 spiro atoms. The second-order valence-electron chi connectivity index (χ2n) is 3.91. The zero-order chi connectivity index (χ0) is 12.4. The molecule has 17 heavy (non-hydrogen) atoms. The maximum absolute atomic E-state index is 11.9. The highest BCUT2D eigenvalue weighted by atomic mass is 32.1. The first-order valence-electron chi connectivity index (χ1n) is 5.34. The Morgan fingerprint density at radius 3 is 3.12 bits per heavy atom. The summed E-state index contributed by atoms with van der Waals surface area (Å²) in [6, 6.07) is 2.07. The second kappa shape index (κ2) is 4.84. The molecule has 1 unspecified atom stereocenters. The normalized spacial score (nSPS) is 18.5. The minimum atomic E-state index is -0.353. The van der Waals surface area contributed by atoms with E-state index in [1.54, 1.807) is 0 Å². The molecule has 5 nitrogen and oxygen atoms in total. The minimum absolute atomic E-state index is 0.0461. The average Bonchev–Trinajstić information content (AvgIpc) is 2.64. The van der Waals surface area contributed by atoms with E-state index in [1.165, 1.54) is 11.3 Å². The molecule has 0 radical (unpaired) electrons. The van der Waals surface area contributed by atoms with Crippen molar-refractivity contribution in [2.75, 3.05) is 18.9 Å². The lowest BCUT2D eigenvalue weighted by Crippen LogP contribution is -2.32. The molecule has 2 rings (SSSR count). The number of aliphatic hydroxyl groups excluding tert-OH is 1. The van der Waals surface area contributed by atoms with Crippen molar-refractivity contribution in [3.63, 3.8) is 0 Å². The van der Waals surface area contributed by atoms with Gasteiger partial charge in [-0.15, -0.1) is 11.3 Å². The van der Waals surface area contributed by atoms with E-state index in [4.69, 9.17) is 16.1 Å². The Hall–Kier alpha value is -1.42. The van der Waals surface area contributed by atoms with Crippen LogP contribution in [-0.2, 0) is 11.3 Å². The zero-order valence-electron chi connectivity index (χ0n) is 9.19. The molecule has 1 aliphatic heterocycles. The molecule has 2 heterocycles. The number of hydrogen-bond donors (Lipinski definition) is 3. The van der Waals surface area contributed by atoms with E-state index in [2.05, 4.69) is 11.4 Å². The number of aliphatic hydroxyl groups is 1. The second-order valence-corrected chi connectivity index (χ2v) is 5.05. The van der Waals surface area contributed by atoms with E-state index in [9.17, 15) is 4.79 Å². The Kier molecular flexibility index (Phi) is 3.43. The molecule has 1 aromatic rings. The number of carbonyl (C=O) groups is 1. The van der Waals surface area contributed by atoms with E-state index in [-0.39, 0.29) is 24.7 Å². The topological polar surface area (TPSA) is 99.1 Å². The maximum atomic E-state index is 11.9. The third-order valence-electron chi connectivity index (χ3n) is 2.89. The highest BCUT2D eigenvalue weighted by Gasteiger charge is 2.31. The fourth-order valence-corrected chi connectivity index (χ4v) is 3.17. The summed E-state index contributed by atoms with van der Waals surface area (Å²) in [6.45, 7) is 0.998. The van der Waals surface area contributed by atoms with E-state index in [0.717, 1.165) is 10.4 Å². The van der Waals surface area contributed by atoms with E-state index in [0.29, 0.717) is 23.7 Å². The van der Waals surface area contributed by atoms with Crippen LogP contribution in [0.3, 0.4) is 0 Å². The lowest BCUT2D eigenvalue weighted by molar-refractivity contribution is -0.121. The van der Waals surface area contributed by atoms with Gasteiger partial charge in [0, 0.05) is 31.0 Å². The van der Waals surface area contributed by atoms with Gasteiger partial charge < -0.3 is 16.2 Å². The number of nitrogens with zero attached hydrogens (tertiary/aromatic N) is 1. The van der Waals surface area contributed by atoms with Gasteiger partial charge in [-0.2, -0.15) is 5.26 Å². The van der Waals surface area contributed by atoms with Crippen LogP contribution in [0.2, 0.25) is 0 Å². The molecular formula is C11H13N3O2S. The Balaban J connectivity index is 2.43. The van der Waals surface area contributed by atoms with Crippen LogP contribution >= 0.6 is 11.3 Å². The molecule has 0 aromatic carbocycles. The standard InChI is InChI=1S/C11H13N3O2S/c12-3-6-10-7(8(16)1-2-15)4-14-5-9(10)17-11(6)13/h7,14-15H,1-2,4-5,13H2. The summed E-state index contributed by atoms with van der Waals surface area (Å²) in [5, 5.41) is 21.5. The molecule has 4 N–H and O–H groups in total. The summed E-state index contributed by atoms with van der Waals surface area (Å²) < 4.78 is 0. The monoisotopic (exact) mass is 251 g/mol. The number of thiophene rings is 1. The van der Waals surface area contributed by atoms with Crippen molar-refractivity contribution in [1.29, 1.82) is 5.26 Å². The first-order valence-corrected chi connectivity index (χ1v) is 6.16. The molecular weight excluding hydrogens is 238 g/mol. The summed E-state index contributed by atoms with van der Waals surface area (Å²) in [5.41, 5.74) is 6.98. The van der Waals surface area contributed by atoms with Crippen molar-refractivity contribution < 1.29 is 9.90 Å². The van der Waals surface area contributed by atoms with Gasteiger partial charge in [0.1, 0.15) is 16.9 Å². The largest absolute Gasteiger partial charge is 0.396 e. The number of nitrogens with one attached hydrogen (secondary N) is 1. The molecule has 90 valence electrons. The lowest BCUT2D eigenvalue weighted by Gasteiger charge is -2.22. The smallest absolute Gasteiger partial charge is 0.143 e. The van der Waals surface area contributed by atoms with Crippen LogP contribution in [0, 0.1) is 11.3 Å². The highest BCUT2D eigenvalue weighted by molar-refractivity contribution is 7.16. The van der Waals surface area contributed by atoms with Crippen LogP contribution in [0.1, 0.15) is 28.3 Å². The first-order chi connectivity index (χ1) is 8.19. The van der Waals surface area contributed by atoms with Crippen LogP contribution in [0.15, 0.2) is 0 Å². The van der Waals surface area contributed by atoms with Gasteiger partial charge in [0.25, 0.3) is 0 Å². The van der Waals surface area contributed by atoms with Gasteiger partial charge in [-0.1, -0.05) is 0 Å². The summed E-state index contributed by atoms with van der Waals surface area (Å²) in [7, 11) is 0. The molecule has 1 aromatic heterocycles. The van der Waals surface area contributed by atoms with Crippen LogP contribution < -0.4 is 11.1 Å². The Bertz CT molecular complexity index is 490. The van der Waals surface area contributed by atoms with Crippen LogP contribution in [0.25, 0.3) is 0 Å². The Labute approximate surface area is 103 Å². The Morgan fingerprint density at radius 2 is 2.47 bits per heavy atom. The van der Waals surface area contributed by atoms with Gasteiger partial charge in [-0.25, -0.2) is 0 Å². The van der Waals surface area contributed by atoms with Gasteiger partial charge in [-0.3, -0.25) is 4.79 Å². The molecule has 6 heteroatoms. The van der Waals surface area contributed by atoms with Crippen molar-refractivity contribution in [1.82, 2.24) is 5.32 Å². The average molecular weight is 251 g/mol. The van der Waals surface area contributed by atoms with Gasteiger partial charge in [0.2, 0.25) is 0 Å². The number of rotatable bonds is 3. The van der Waals surface area contributed by atoms with Crippen molar-refractivity contribution in [3.05, 3.63) is 16.0 Å². The molecule has 0 amide bonds. The Morgan fingerprint density at radius 1 is 1.71 bits per heavy atom. The minimum Gasteiger partial charge on any atom is -0.396 e.